The third-order valence-corrected chi connectivity index (χ3v) is 5.31. The molecule has 20 heavy (non-hydrogen) atoms. The molecule has 1 fully saturated rings. The lowest BCUT2D eigenvalue weighted by molar-refractivity contribution is 0.340. The van der Waals surface area contributed by atoms with Crippen LogP contribution in [0.3, 0.4) is 0 Å². The van der Waals surface area contributed by atoms with Crippen LogP contribution in [-0.2, 0) is 0 Å². The number of rotatable bonds is 7. The largest absolute Gasteiger partial charge is 0.494 e. The van der Waals surface area contributed by atoms with Gasteiger partial charge in [0.2, 0.25) is 0 Å². The number of nitrogens with two attached hydrogens (primary N) is 1. The molecule has 112 valence electrons. The second-order valence-electron chi connectivity index (χ2n) is 5.31. The summed E-state index contributed by atoms with van der Waals surface area (Å²) in [5.74, 6) is 7.68. The van der Waals surface area contributed by atoms with Crippen LogP contribution >= 0.6 is 11.8 Å². The van der Waals surface area contributed by atoms with E-state index in [1.54, 1.807) is 0 Å². The Morgan fingerprint density at radius 2 is 1.95 bits per heavy atom. The van der Waals surface area contributed by atoms with E-state index in [9.17, 15) is 0 Å². The Morgan fingerprint density at radius 3 is 2.55 bits per heavy atom. The van der Waals surface area contributed by atoms with Gasteiger partial charge in [-0.25, -0.2) is 0 Å². The number of hydrogen-bond donors (Lipinski definition) is 2. The second kappa shape index (κ2) is 8.55. The fourth-order valence-electron chi connectivity index (χ4n) is 2.67. The Labute approximate surface area is 126 Å². The molecule has 1 aliphatic carbocycles. The Kier molecular flexibility index (Phi) is 6.70. The van der Waals surface area contributed by atoms with Crippen molar-refractivity contribution in [3.63, 3.8) is 0 Å². The lowest BCUT2D eigenvalue weighted by Gasteiger charge is -2.24. The molecular formula is C16H26N2OS. The predicted molar refractivity (Wildman–Crippen MR) is 87.0 cm³/mol. The van der Waals surface area contributed by atoms with Crippen molar-refractivity contribution in [2.45, 2.75) is 50.3 Å². The van der Waals surface area contributed by atoms with E-state index in [0.717, 1.165) is 16.8 Å². The van der Waals surface area contributed by atoms with Gasteiger partial charge in [-0.05, 0) is 37.5 Å². The van der Waals surface area contributed by atoms with Crippen LogP contribution in [0, 0.1) is 0 Å². The fourth-order valence-corrected chi connectivity index (χ4v) is 4.09. The topological polar surface area (TPSA) is 47.3 Å². The third-order valence-electron chi connectivity index (χ3n) is 3.85. The van der Waals surface area contributed by atoms with Gasteiger partial charge in [0.05, 0.1) is 12.6 Å². The minimum atomic E-state index is 0.220. The van der Waals surface area contributed by atoms with E-state index in [1.807, 2.05) is 19.1 Å². The van der Waals surface area contributed by atoms with Gasteiger partial charge < -0.3 is 4.74 Å². The molecule has 0 saturated heterocycles. The lowest BCUT2D eigenvalue weighted by atomic mass is 10.0. The van der Waals surface area contributed by atoms with Gasteiger partial charge in [0.1, 0.15) is 5.75 Å². The van der Waals surface area contributed by atoms with E-state index in [1.165, 1.54) is 37.7 Å². The average Bonchev–Trinajstić information content (AvgIpc) is 2.51. The predicted octanol–water partition coefficient (Wildman–Crippen LogP) is 3.66. The van der Waals surface area contributed by atoms with Crippen molar-refractivity contribution in [3.8, 4) is 5.75 Å². The van der Waals surface area contributed by atoms with E-state index < -0.39 is 0 Å². The van der Waals surface area contributed by atoms with Crippen LogP contribution in [0.25, 0.3) is 0 Å². The van der Waals surface area contributed by atoms with Gasteiger partial charge in [0.25, 0.3) is 0 Å². The first-order valence-corrected chi connectivity index (χ1v) is 8.69. The lowest BCUT2D eigenvalue weighted by Crippen LogP contribution is -2.30. The van der Waals surface area contributed by atoms with Crippen molar-refractivity contribution >= 4 is 11.8 Å². The SMILES string of the molecule is CCOc1ccc(C(CSC2CCCCC2)NN)cc1. The van der Waals surface area contributed by atoms with Crippen LogP contribution in [0.1, 0.15) is 50.6 Å². The maximum Gasteiger partial charge on any atom is 0.119 e. The minimum Gasteiger partial charge on any atom is -0.494 e. The number of benzene rings is 1. The summed E-state index contributed by atoms with van der Waals surface area (Å²) < 4.78 is 5.47. The van der Waals surface area contributed by atoms with Crippen LogP contribution in [0.4, 0.5) is 0 Å². The zero-order valence-corrected chi connectivity index (χ0v) is 13.1. The molecule has 1 aliphatic rings. The van der Waals surface area contributed by atoms with Gasteiger partial charge in [0.15, 0.2) is 0 Å². The molecule has 1 saturated carbocycles. The standard InChI is InChI=1S/C16H26N2OS/c1-2-19-14-10-8-13(9-11-14)16(18-17)12-20-15-6-4-3-5-7-15/h8-11,15-16,18H,2-7,12,17H2,1H3. The zero-order valence-electron chi connectivity index (χ0n) is 12.3. The molecule has 1 atom stereocenters. The van der Waals surface area contributed by atoms with Crippen LogP contribution in [0.2, 0.25) is 0 Å². The van der Waals surface area contributed by atoms with E-state index in [2.05, 4.69) is 29.3 Å². The quantitative estimate of drug-likeness (QED) is 0.595. The first-order valence-electron chi connectivity index (χ1n) is 7.64. The highest BCUT2D eigenvalue weighted by Crippen LogP contribution is 2.31. The number of hydrogen-bond acceptors (Lipinski definition) is 4. The number of hydrazine groups is 1. The summed E-state index contributed by atoms with van der Waals surface area (Å²) in [7, 11) is 0. The van der Waals surface area contributed by atoms with Crippen molar-refractivity contribution in [2.75, 3.05) is 12.4 Å². The van der Waals surface area contributed by atoms with Gasteiger partial charge in [0, 0.05) is 11.0 Å². The molecule has 3 N–H and O–H groups in total. The molecule has 1 aromatic carbocycles. The van der Waals surface area contributed by atoms with Crippen molar-refractivity contribution < 1.29 is 4.74 Å². The molecule has 1 unspecified atom stereocenters. The summed E-state index contributed by atoms with van der Waals surface area (Å²) in [5.41, 5.74) is 4.18. The zero-order chi connectivity index (χ0) is 14.2. The Balaban J connectivity index is 1.86. The second-order valence-corrected chi connectivity index (χ2v) is 6.65. The average molecular weight is 294 g/mol. The highest BCUT2D eigenvalue weighted by atomic mass is 32.2. The first kappa shape index (κ1) is 15.7. The summed E-state index contributed by atoms with van der Waals surface area (Å²) in [6, 6.07) is 8.48. The van der Waals surface area contributed by atoms with Gasteiger partial charge in [-0.15, -0.1) is 0 Å². The highest BCUT2D eigenvalue weighted by molar-refractivity contribution is 7.99. The molecule has 0 amide bonds. The molecule has 1 aromatic rings. The smallest absolute Gasteiger partial charge is 0.119 e. The van der Waals surface area contributed by atoms with Crippen molar-refractivity contribution in [1.29, 1.82) is 0 Å². The number of ether oxygens (including phenoxy) is 1. The molecule has 3 nitrogen and oxygen atoms in total. The maximum atomic E-state index is 5.72. The summed E-state index contributed by atoms with van der Waals surface area (Å²) in [6.07, 6.45) is 6.92. The van der Waals surface area contributed by atoms with Gasteiger partial charge in [-0.2, -0.15) is 11.8 Å². The van der Waals surface area contributed by atoms with E-state index >= 15 is 0 Å². The first-order chi connectivity index (χ1) is 9.83. The molecule has 2 rings (SSSR count). The van der Waals surface area contributed by atoms with E-state index in [-0.39, 0.29) is 6.04 Å². The monoisotopic (exact) mass is 294 g/mol. The Hall–Kier alpha value is -0.710. The van der Waals surface area contributed by atoms with Crippen LogP contribution in [0.15, 0.2) is 24.3 Å². The Bertz CT molecular complexity index is 377. The van der Waals surface area contributed by atoms with Crippen molar-refractivity contribution in [3.05, 3.63) is 29.8 Å². The van der Waals surface area contributed by atoms with Crippen LogP contribution < -0.4 is 16.0 Å². The van der Waals surface area contributed by atoms with E-state index in [4.69, 9.17) is 10.6 Å². The number of nitrogens with one attached hydrogen (secondary N) is 1. The normalized spacial score (nSPS) is 17.9. The summed E-state index contributed by atoms with van der Waals surface area (Å²) >= 11 is 2.07. The third kappa shape index (κ3) is 4.69. The molecule has 0 aromatic heterocycles. The molecule has 4 heteroatoms. The minimum absolute atomic E-state index is 0.220. The highest BCUT2D eigenvalue weighted by Gasteiger charge is 2.17. The fraction of sp³-hybridized carbons (Fsp3) is 0.625. The van der Waals surface area contributed by atoms with Crippen LogP contribution in [-0.4, -0.2) is 17.6 Å². The molecule has 0 aliphatic heterocycles. The van der Waals surface area contributed by atoms with Gasteiger partial charge in [-0.1, -0.05) is 31.4 Å². The maximum absolute atomic E-state index is 5.72. The summed E-state index contributed by atoms with van der Waals surface area (Å²) in [5, 5.41) is 0.822. The summed E-state index contributed by atoms with van der Waals surface area (Å²) in [4.78, 5) is 0. The van der Waals surface area contributed by atoms with E-state index in [0.29, 0.717) is 6.61 Å². The molecular weight excluding hydrogens is 268 g/mol. The molecule has 0 radical (unpaired) electrons. The Morgan fingerprint density at radius 1 is 1.25 bits per heavy atom. The summed E-state index contributed by atoms with van der Waals surface area (Å²) in [6.45, 7) is 2.70. The van der Waals surface area contributed by atoms with Crippen LogP contribution in [0.5, 0.6) is 5.75 Å². The van der Waals surface area contributed by atoms with Crippen molar-refractivity contribution in [2.24, 2.45) is 5.84 Å². The molecule has 0 bridgehead atoms. The van der Waals surface area contributed by atoms with Gasteiger partial charge >= 0.3 is 0 Å². The molecule has 0 heterocycles. The molecule has 0 spiro atoms. The van der Waals surface area contributed by atoms with Crippen molar-refractivity contribution in [1.82, 2.24) is 5.43 Å². The number of thioether (sulfide) groups is 1. The van der Waals surface area contributed by atoms with Gasteiger partial charge in [-0.3, -0.25) is 11.3 Å².